The van der Waals surface area contributed by atoms with Crippen LogP contribution in [0.2, 0.25) is 5.15 Å². The molecule has 0 aromatic carbocycles. The first kappa shape index (κ1) is 7.82. The van der Waals surface area contributed by atoms with Gasteiger partial charge < -0.3 is 0 Å². The summed E-state index contributed by atoms with van der Waals surface area (Å²) in [6.07, 6.45) is 3.51. The van der Waals surface area contributed by atoms with E-state index in [-0.39, 0.29) is 0 Å². The molecule has 0 aliphatic rings. The smallest absolute Gasteiger partial charge is 0.188 e. The number of rotatable bonds is 1. The van der Waals surface area contributed by atoms with E-state index in [1.54, 1.807) is 6.20 Å². The van der Waals surface area contributed by atoms with E-state index < -0.39 is 0 Å². The molecule has 0 spiro atoms. The number of aromatic nitrogens is 2. The summed E-state index contributed by atoms with van der Waals surface area (Å²) in [5.74, 6) is 0. The summed E-state index contributed by atoms with van der Waals surface area (Å²) < 4.78 is 0. The SMILES string of the molecule is [CH2]c1cnc(SC)nc1Cl. The van der Waals surface area contributed by atoms with Gasteiger partial charge in [-0.25, -0.2) is 9.97 Å². The summed E-state index contributed by atoms with van der Waals surface area (Å²) in [7, 11) is 0. The first-order chi connectivity index (χ1) is 4.74. The van der Waals surface area contributed by atoms with E-state index in [9.17, 15) is 0 Å². The lowest BCUT2D eigenvalue weighted by atomic mass is 10.4. The van der Waals surface area contributed by atoms with Crippen molar-refractivity contribution in [3.8, 4) is 0 Å². The van der Waals surface area contributed by atoms with Crippen LogP contribution in [0.1, 0.15) is 5.56 Å². The van der Waals surface area contributed by atoms with Gasteiger partial charge in [-0.05, 0) is 13.2 Å². The van der Waals surface area contributed by atoms with Crippen molar-refractivity contribution >= 4 is 23.4 Å². The molecule has 1 aromatic heterocycles. The Morgan fingerprint density at radius 3 is 2.90 bits per heavy atom. The molecule has 1 rings (SSSR count). The topological polar surface area (TPSA) is 25.8 Å². The van der Waals surface area contributed by atoms with Crippen LogP contribution in [0.4, 0.5) is 0 Å². The molecule has 1 aromatic rings. The Morgan fingerprint density at radius 1 is 1.70 bits per heavy atom. The van der Waals surface area contributed by atoms with Gasteiger partial charge in [0.25, 0.3) is 0 Å². The van der Waals surface area contributed by atoms with Crippen molar-refractivity contribution < 1.29 is 0 Å². The van der Waals surface area contributed by atoms with E-state index in [0.717, 1.165) is 0 Å². The summed E-state index contributed by atoms with van der Waals surface area (Å²) in [6, 6.07) is 0. The van der Waals surface area contributed by atoms with Gasteiger partial charge in [0, 0.05) is 11.8 Å². The number of hydrogen-bond acceptors (Lipinski definition) is 3. The Labute approximate surface area is 69.0 Å². The average molecular weight is 174 g/mol. The standard InChI is InChI=1S/C6H6ClN2S/c1-4-3-8-6(10-2)9-5(4)7/h3H,1H2,2H3. The van der Waals surface area contributed by atoms with Crippen molar-refractivity contribution in [1.29, 1.82) is 0 Å². The van der Waals surface area contributed by atoms with Gasteiger partial charge in [0.2, 0.25) is 0 Å². The molecule has 0 unspecified atom stereocenters. The van der Waals surface area contributed by atoms with Crippen LogP contribution in [-0.2, 0) is 0 Å². The Hall–Kier alpha value is -0.280. The van der Waals surface area contributed by atoms with Crippen molar-refractivity contribution in [2.24, 2.45) is 0 Å². The van der Waals surface area contributed by atoms with E-state index in [4.69, 9.17) is 11.6 Å². The predicted molar refractivity (Wildman–Crippen MR) is 43.3 cm³/mol. The third-order valence-corrected chi connectivity index (χ3v) is 1.86. The summed E-state index contributed by atoms with van der Waals surface area (Å²) in [5.41, 5.74) is 0.666. The second kappa shape index (κ2) is 3.21. The number of thioether (sulfide) groups is 1. The van der Waals surface area contributed by atoms with Crippen molar-refractivity contribution in [1.82, 2.24) is 9.97 Å². The molecule has 0 aliphatic carbocycles. The monoisotopic (exact) mass is 173 g/mol. The van der Waals surface area contributed by atoms with Crippen molar-refractivity contribution in [2.45, 2.75) is 5.16 Å². The fourth-order valence-electron chi connectivity index (χ4n) is 0.469. The van der Waals surface area contributed by atoms with Gasteiger partial charge >= 0.3 is 0 Å². The van der Waals surface area contributed by atoms with Gasteiger partial charge in [-0.15, -0.1) is 0 Å². The third kappa shape index (κ3) is 1.61. The minimum absolute atomic E-state index is 0.430. The highest BCUT2D eigenvalue weighted by Gasteiger charge is 1.98. The van der Waals surface area contributed by atoms with Gasteiger partial charge in [0.05, 0.1) is 0 Å². The van der Waals surface area contributed by atoms with Gasteiger partial charge in [-0.2, -0.15) is 0 Å². The molecule has 1 radical (unpaired) electrons. The quantitative estimate of drug-likeness (QED) is 0.369. The molecule has 0 atom stereocenters. The highest BCUT2D eigenvalue weighted by Crippen LogP contribution is 2.14. The van der Waals surface area contributed by atoms with Gasteiger partial charge in [0.15, 0.2) is 5.16 Å². The summed E-state index contributed by atoms with van der Waals surface area (Å²) in [5, 5.41) is 1.11. The molecule has 2 nitrogen and oxygen atoms in total. The highest BCUT2D eigenvalue weighted by atomic mass is 35.5. The largest absolute Gasteiger partial charge is 0.231 e. The van der Waals surface area contributed by atoms with Crippen molar-refractivity contribution in [3.05, 3.63) is 23.8 Å². The van der Waals surface area contributed by atoms with Crippen LogP contribution in [-0.4, -0.2) is 16.2 Å². The van der Waals surface area contributed by atoms with E-state index in [1.807, 2.05) is 6.26 Å². The zero-order valence-electron chi connectivity index (χ0n) is 5.47. The molecule has 4 heteroatoms. The highest BCUT2D eigenvalue weighted by molar-refractivity contribution is 7.98. The second-order valence-electron chi connectivity index (χ2n) is 1.67. The molecule has 0 bridgehead atoms. The average Bonchev–Trinajstić information content (AvgIpc) is 1.95. The summed E-state index contributed by atoms with van der Waals surface area (Å²) >= 11 is 7.12. The molecule has 0 amide bonds. The minimum Gasteiger partial charge on any atom is -0.231 e. The van der Waals surface area contributed by atoms with Crippen LogP contribution < -0.4 is 0 Å². The van der Waals surface area contributed by atoms with E-state index in [1.165, 1.54) is 11.8 Å². The molecular weight excluding hydrogens is 168 g/mol. The maximum absolute atomic E-state index is 5.67. The maximum atomic E-state index is 5.67. The van der Waals surface area contributed by atoms with Crippen LogP contribution in [0, 0.1) is 6.92 Å². The van der Waals surface area contributed by atoms with Crippen LogP contribution >= 0.6 is 23.4 Å². The minimum atomic E-state index is 0.430. The van der Waals surface area contributed by atoms with E-state index in [0.29, 0.717) is 15.9 Å². The Bertz CT molecular complexity index is 239. The normalized spacial score (nSPS) is 9.90. The summed E-state index contributed by atoms with van der Waals surface area (Å²) in [6.45, 7) is 3.63. The lowest BCUT2D eigenvalue weighted by Crippen LogP contribution is -1.87. The predicted octanol–water partition coefficient (Wildman–Crippen LogP) is 2.03. The first-order valence-electron chi connectivity index (χ1n) is 2.62. The number of halogens is 1. The Balaban J connectivity index is 3.04. The molecule has 0 fully saturated rings. The molecule has 53 valence electrons. The molecule has 0 saturated carbocycles. The Kier molecular flexibility index (Phi) is 2.51. The first-order valence-corrected chi connectivity index (χ1v) is 4.23. The zero-order valence-corrected chi connectivity index (χ0v) is 7.04. The van der Waals surface area contributed by atoms with Crippen molar-refractivity contribution in [2.75, 3.05) is 6.26 Å². The molecular formula is C6H6ClN2S. The third-order valence-electron chi connectivity index (χ3n) is 0.972. The van der Waals surface area contributed by atoms with Crippen LogP contribution in [0.15, 0.2) is 11.4 Å². The van der Waals surface area contributed by atoms with Gasteiger partial charge in [0.1, 0.15) is 5.15 Å². The van der Waals surface area contributed by atoms with Crippen LogP contribution in [0.5, 0.6) is 0 Å². The number of nitrogens with zero attached hydrogens (tertiary/aromatic N) is 2. The van der Waals surface area contributed by atoms with Gasteiger partial charge in [-0.1, -0.05) is 23.4 Å². The molecule has 0 aliphatic heterocycles. The summed E-state index contributed by atoms with van der Waals surface area (Å²) in [4.78, 5) is 7.91. The molecule has 0 saturated heterocycles. The molecule has 0 N–H and O–H groups in total. The van der Waals surface area contributed by atoms with Crippen LogP contribution in [0.3, 0.4) is 0 Å². The van der Waals surface area contributed by atoms with E-state index >= 15 is 0 Å². The van der Waals surface area contributed by atoms with Crippen LogP contribution in [0.25, 0.3) is 0 Å². The van der Waals surface area contributed by atoms with E-state index in [2.05, 4.69) is 16.9 Å². The Morgan fingerprint density at radius 2 is 2.40 bits per heavy atom. The van der Waals surface area contributed by atoms with Crippen molar-refractivity contribution in [3.63, 3.8) is 0 Å². The number of hydrogen-bond donors (Lipinski definition) is 0. The molecule has 1 heterocycles. The maximum Gasteiger partial charge on any atom is 0.188 e. The molecule has 10 heavy (non-hydrogen) atoms. The zero-order chi connectivity index (χ0) is 7.56. The fraction of sp³-hybridized carbons (Fsp3) is 0.167. The van der Waals surface area contributed by atoms with Gasteiger partial charge in [-0.3, -0.25) is 0 Å². The lowest BCUT2D eigenvalue weighted by Gasteiger charge is -1.96. The lowest BCUT2D eigenvalue weighted by molar-refractivity contribution is 0.962. The second-order valence-corrected chi connectivity index (χ2v) is 2.80. The fourth-order valence-corrected chi connectivity index (χ4v) is 0.989.